The van der Waals surface area contributed by atoms with Gasteiger partial charge in [0.2, 0.25) is 10.0 Å². The van der Waals surface area contributed by atoms with Crippen LogP contribution in [0.2, 0.25) is 0 Å². The Bertz CT molecular complexity index is 529. The highest BCUT2D eigenvalue weighted by Gasteiger charge is 2.14. The number of hydrogen-bond donors (Lipinski definition) is 2. The minimum Gasteiger partial charge on any atom is -0.388 e. The van der Waals surface area contributed by atoms with E-state index in [1.165, 1.54) is 18.3 Å². The third-order valence-corrected chi connectivity index (χ3v) is 4.14. The second-order valence-electron chi connectivity index (χ2n) is 4.11. The van der Waals surface area contributed by atoms with E-state index in [1.54, 1.807) is 0 Å². The fourth-order valence-electron chi connectivity index (χ4n) is 1.37. The van der Waals surface area contributed by atoms with Gasteiger partial charge in [-0.1, -0.05) is 25.6 Å². The Balaban J connectivity index is 2.49. The van der Waals surface area contributed by atoms with Crippen molar-refractivity contribution in [3.8, 4) is 0 Å². The van der Waals surface area contributed by atoms with Crippen molar-refractivity contribution in [1.82, 2.24) is 9.71 Å². The number of aromatic nitrogens is 1. The van der Waals surface area contributed by atoms with Crippen LogP contribution in [0.5, 0.6) is 0 Å². The van der Waals surface area contributed by atoms with Gasteiger partial charge in [0, 0.05) is 19.3 Å². The Hall–Kier alpha value is -1.09. The minimum absolute atomic E-state index is 0.0751. The summed E-state index contributed by atoms with van der Waals surface area (Å²) in [5.74, 6) is 0. The maximum atomic E-state index is 11.9. The van der Waals surface area contributed by atoms with Gasteiger partial charge in [-0.3, -0.25) is 4.98 Å². The van der Waals surface area contributed by atoms with Crippen molar-refractivity contribution in [3.63, 3.8) is 0 Å². The molecule has 0 spiro atoms. The molecule has 0 saturated carbocycles. The third-order valence-electron chi connectivity index (χ3n) is 2.48. The summed E-state index contributed by atoms with van der Waals surface area (Å²) in [6.07, 6.45) is 3.25. The molecule has 0 saturated heterocycles. The number of hydrogen-bond acceptors (Lipinski definition) is 5. The third kappa shape index (κ3) is 5.49. The molecule has 0 aromatic carbocycles. The highest BCUT2D eigenvalue weighted by molar-refractivity contribution is 7.89. The monoisotopic (exact) mass is 317 g/mol. The average Bonchev–Trinajstić information content (AvgIpc) is 2.43. The van der Waals surface area contributed by atoms with Crippen molar-refractivity contribution in [3.05, 3.63) is 24.0 Å². The summed E-state index contributed by atoms with van der Waals surface area (Å²) in [6, 6.07) is 2.90. The van der Waals surface area contributed by atoms with Crippen LogP contribution < -0.4 is 10.5 Å². The van der Waals surface area contributed by atoms with Crippen LogP contribution in [0.4, 0.5) is 0 Å². The molecule has 8 heteroatoms. The molecule has 0 aliphatic carbocycles. The summed E-state index contributed by atoms with van der Waals surface area (Å²) in [6.45, 7) is 3.28. The number of nitrogens with two attached hydrogens (primary N) is 1. The van der Waals surface area contributed by atoms with Crippen molar-refractivity contribution in [2.24, 2.45) is 5.73 Å². The van der Waals surface area contributed by atoms with Crippen molar-refractivity contribution in [2.45, 2.75) is 24.7 Å². The van der Waals surface area contributed by atoms with E-state index in [2.05, 4.69) is 16.6 Å². The zero-order valence-corrected chi connectivity index (χ0v) is 13.0. The molecule has 0 aliphatic rings. The zero-order valence-electron chi connectivity index (χ0n) is 11.3. The van der Waals surface area contributed by atoms with E-state index in [4.69, 9.17) is 22.7 Å². The highest BCUT2D eigenvalue weighted by atomic mass is 32.2. The maximum Gasteiger partial charge on any atom is 0.242 e. The molecule has 1 aromatic rings. The smallest absolute Gasteiger partial charge is 0.242 e. The zero-order chi connectivity index (χ0) is 15.0. The van der Waals surface area contributed by atoms with Gasteiger partial charge in [-0.15, -0.1) is 0 Å². The first-order valence-corrected chi connectivity index (χ1v) is 8.19. The molecular weight excluding hydrogens is 298 g/mol. The molecule has 0 bridgehead atoms. The van der Waals surface area contributed by atoms with Crippen molar-refractivity contribution in [2.75, 3.05) is 19.8 Å². The lowest BCUT2D eigenvalue weighted by Gasteiger charge is -2.07. The fourth-order valence-corrected chi connectivity index (χ4v) is 2.44. The first-order chi connectivity index (χ1) is 9.47. The molecule has 112 valence electrons. The summed E-state index contributed by atoms with van der Waals surface area (Å²) in [5, 5.41) is 0. The molecule has 6 nitrogen and oxygen atoms in total. The van der Waals surface area contributed by atoms with Crippen LogP contribution in [0.1, 0.15) is 25.5 Å². The largest absolute Gasteiger partial charge is 0.388 e. The van der Waals surface area contributed by atoms with Gasteiger partial charge in [0.15, 0.2) is 0 Å². The number of sulfonamides is 1. The molecule has 0 radical (unpaired) electrons. The first-order valence-electron chi connectivity index (χ1n) is 6.30. The van der Waals surface area contributed by atoms with E-state index in [-0.39, 0.29) is 16.4 Å². The number of ether oxygens (including phenoxy) is 1. The summed E-state index contributed by atoms with van der Waals surface area (Å²) < 4.78 is 31.6. The lowest BCUT2D eigenvalue weighted by molar-refractivity contribution is 0.136. The first kappa shape index (κ1) is 17.0. The number of thiocarbonyl (C=S) groups is 1. The van der Waals surface area contributed by atoms with Crippen LogP contribution in [-0.2, 0) is 14.8 Å². The fraction of sp³-hybridized carbons (Fsp3) is 0.500. The van der Waals surface area contributed by atoms with Gasteiger partial charge in [0.05, 0.1) is 12.3 Å². The molecule has 1 rings (SSSR count). The summed E-state index contributed by atoms with van der Waals surface area (Å²) in [5.41, 5.74) is 5.79. The van der Waals surface area contributed by atoms with Gasteiger partial charge in [-0.2, -0.15) is 0 Å². The molecule has 1 heterocycles. The normalized spacial score (nSPS) is 11.4. The Kier molecular flexibility index (Phi) is 7.00. The quantitative estimate of drug-likeness (QED) is 0.517. The second kappa shape index (κ2) is 8.25. The Labute approximate surface area is 124 Å². The van der Waals surface area contributed by atoms with Gasteiger partial charge in [-0.05, 0) is 18.6 Å². The average molecular weight is 317 g/mol. The van der Waals surface area contributed by atoms with Gasteiger partial charge < -0.3 is 10.5 Å². The number of rotatable bonds is 9. The number of unbranched alkanes of at least 4 members (excludes halogenated alkanes) is 1. The van der Waals surface area contributed by atoms with Crippen LogP contribution >= 0.6 is 12.2 Å². The SMILES string of the molecule is CCCCOCCNS(=O)(=O)c1ccc(C(N)=S)nc1. The molecule has 0 fully saturated rings. The summed E-state index contributed by atoms with van der Waals surface area (Å²) >= 11 is 4.75. The van der Waals surface area contributed by atoms with Crippen molar-refractivity contribution < 1.29 is 13.2 Å². The lowest BCUT2D eigenvalue weighted by atomic mass is 10.3. The molecule has 0 atom stereocenters. The van der Waals surface area contributed by atoms with E-state index in [0.29, 0.717) is 18.9 Å². The van der Waals surface area contributed by atoms with Gasteiger partial charge >= 0.3 is 0 Å². The van der Waals surface area contributed by atoms with E-state index >= 15 is 0 Å². The summed E-state index contributed by atoms with van der Waals surface area (Å²) in [4.78, 5) is 4.10. The molecule has 20 heavy (non-hydrogen) atoms. The molecule has 3 N–H and O–H groups in total. The predicted molar refractivity (Wildman–Crippen MR) is 81.0 cm³/mol. The van der Waals surface area contributed by atoms with Crippen LogP contribution in [0.3, 0.4) is 0 Å². The Morgan fingerprint density at radius 1 is 1.45 bits per heavy atom. The van der Waals surface area contributed by atoms with Gasteiger partial charge in [0.1, 0.15) is 9.88 Å². The van der Waals surface area contributed by atoms with Gasteiger partial charge in [-0.25, -0.2) is 13.1 Å². The van der Waals surface area contributed by atoms with Gasteiger partial charge in [0.25, 0.3) is 0 Å². The molecule has 0 unspecified atom stereocenters. The molecule has 1 aromatic heterocycles. The van der Waals surface area contributed by atoms with E-state index in [0.717, 1.165) is 12.8 Å². The topological polar surface area (TPSA) is 94.3 Å². The molecule has 0 aliphatic heterocycles. The van der Waals surface area contributed by atoms with Crippen LogP contribution in [0, 0.1) is 0 Å². The van der Waals surface area contributed by atoms with E-state index < -0.39 is 10.0 Å². The van der Waals surface area contributed by atoms with Crippen molar-refractivity contribution in [1.29, 1.82) is 0 Å². The number of nitrogens with one attached hydrogen (secondary N) is 1. The van der Waals surface area contributed by atoms with E-state index in [1.807, 2.05) is 0 Å². The van der Waals surface area contributed by atoms with Crippen molar-refractivity contribution >= 4 is 27.2 Å². The van der Waals surface area contributed by atoms with Crippen LogP contribution in [0.25, 0.3) is 0 Å². The second-order valence-corrected chi connectivity index (χ2v) is 6.31. The Morgan fingerprint density at radius 2 is 2.20 bits per heavy atom. The summed E-state index contributed by atoms with van der Waals surface area (Å²) in [7, 11) is -3.57. The highest BCUT2D eigenvalue weighted by Crippen LogP contribution is 2.07. The minimum atomic E-state index is -3.57. The van der Waals surface area contributed by atoms with Crippen LogP contribution in [-0.4, -0.2) is 38.1 Å². The predicted octanol–water partition coefficient (Wildman–Crippen LogP) is 0.811. The van der Waals surface area contributed by atoms with E-state index in [9.17, 15) is 8.42 Å². The van der Waals surface area contributed by atoms with Crippen LogP contribution in [0.15, 0.2) is 23.2 Å². The number of pyridine rings is 1. The lowest BCUT2D eigenvalue weighted by Crippen LogP contribution is -2.27. The molecule has 0 amide bonds. The standard InChI is InChI=1S/C12H19N3O3S2/c1-2-3-7-18-8-6-15-20(16,17)10-4-5-11(12(13)19)14-9-10/h4-5,9,15H,2-3,6-8H2,1H3,(H2,13,19). The number of nitrogens with zero attached hydrogens (tertiary/aromatic N) is 1. The maximum absolute atomic E-state index is 11.9. The molecular formula is C12H19N3O3S2. The Morgan fingerprint density at radius 3 is 2.75 bits per heavy atom.